The number of nitro groups is 1. The number of amides is 1. The minimum Gasteiger partial charge on any atom is -0.456 e. The first-order valence-electron chi connectivity index (χ1n) is 12.4. The van der Waals surface area contributed by atoms with Gasteiger partial charge in [-0.3, -0.25) is 24.8 Å². The molecule has 2 unspecified atom stereocenters. The van der Waals surface area contributed by atoms with Crippen LogP contribution in [0.5, 0.6) is 0 Å². The van der Waals surface area contributed by atoms with Crippen LogP contribution in [0.2, 0.25) is 0 Å². The maximum Gasteiger partial charge on any atom is 0.357 e. The average Bonchev–Trinajstić information content (AvgIpc) is 3.29. The number of non-ortho nitro benzene ring substituents is 1. The molecule has 5 rings (SSSR count). The van der Waals surface area contributed by atoms with E-state index in [2.05, 4.69) is 9.89 Å². The third-order valence-corrected chi connectivity index (χ3v) is 8.11. The zero-order valence-corrected chi connectivity index (χ0v) is 21.4. The molecular formula is C27H28N4O5S. The quantitative estimate of drug-likeness (QED) is 0.168. The third kappa shape index (κ3) is 5.24. The Balaban J connectivity index is 1.34. The zero-order valence-electron chi connectivity index (χ0n) is 20.5. The van der Waals surface area contributed by atoms with Gasteiger partial charge in [0.25, 0.3) is 11.6 Å². The molecule has 3 aliphatic heterocycles. The number of fused-ring (bicyclic) bond motifs is 1. The number of nitro benzene ring substituents is 1. The lowest BCUT2D eigenvalue weighted by molar-refractivity contribution is -0.384. The highest BCUT2D eigenvalue weighted by Crippen LogP contribution is 2.43. The summed E-state index contributed by atoms with van der Waals surface area (Å²) >= 11 is 1.53. The molecule has 0 saturated carbocycles. The minimum absolute atomic E-state index is 0.0293. The summed E-state index contributed by atoms with van der Waals surface area (Å²) < 4.78 is 5.64. The largest absolute Gasteiger partial charge is 0.456 e. The number of ether oxygens (including phenoxy) is 1. The Morgan fingerprint density at radius 2 is 1.78 bits per heavy atom. The summed E-state index contributed by atoms with van der Waals surface area (Å²) in [6.07, 6.45) is 3.85. The number of thioether (sulfide) groups is 1. The van der Waals surface area contributed by atoms with Crippen molar-refractivity contribution in [3.05, 3.63) is 87.2 Å². The normalized spacial score (nSPS) is 21.5. The molecule has 3 heterocycles. The molecule has 0 bridgehead atoms. The van der Waals surface area contributed by atoms with E-state index < -0.39 is 16.9 Å². The molecule has 37 heavy (non-hydrogen) atoms. The highest BCUT2D eigenvalue weighted by Gasteiger charge is 2.55. The molecule has 0 N–H and O–H groups in total. The van der Waals surface area contributed by atoms with E-state index in [-0.39, 0.29) is 29.3 Å². The molecule has 2 atom stereocenters. The molecule has 2 aromatic rings. The molecule has 0 aliphatic carbocycles. The van der Waals surface area contributed by atoms with Crippen molar-refractivity contribution in [1.82, 2.24) is 9.80 Å². The molecule has 9 nitrogen and oxygen atoms in total. The lowest BCUT2D eigenvalue weighted by atomic mass is 10.0. The summed E-state index contributed by atoms with van der Waals surface area (Å²) in [4.78, 5) is 45.5. The Hall–Kier alpha value is -3.66. The summed E-state index contributed by atoms with van der Waals surface area (Å²) in [5, 5.41) is 11.5. The predicted molar refractivity (Wildman–Crippen MR) is 141 cm³/mol. The Labute approximate surface area is 219 Å². The molecule has 10 heteroatoms. The van der Waals surface area contributed by atoms with Crippen LogP contribution >= 0.6 is 11.8 Å². The van der Waals surface area contributed by atoms with Crippen LogP contribution in [0.1, 0.15) is 37.3 Å². The van der Waals surface area contributed by atoms with Gasteiger partial charge in [-0.25, -0.2) is 4.79 Å². The van der Waals surface area contributed by atoms with Crippen LogP contribution < -0.4 is 0 Å². The number of piperidine rings is 1. The molecule has 2 fully saturated rings. The Bertz CT molecular complexity index is 1260. The van der Waals surface area contributed by atoms with Crippen molar-refractivity contribution in [2.75, 3.05) is 13.1 Å². The topological polar surface area (TPSA) is 105 Å². The van der Waals surface area contributed by atoms with Crippen molar-refractivity contribution in [3.8, 4) is 0 Å². The minimum atomic E-state index is -0.578. The maximum absolute atomic E-state index is 13.5. The van der Waals surface area contributed by atoms with Crippen LogP contribution in [0, 0.1) is 10.1 Å². The monoisotopic (exact) mass is 520 g/mol. The van der Waals surface area contributed by atoms with Crippen LogP contribution in [-0.2, 0) is 27.4 Å². The number of carbonyl (C=O) groups is 2. The summed E-state index contributed by atoms with van der Waals surface area (Å²) in [7, 11) is 0. The first-order valence-corrected chi connectivity index (χ1v) is 13.3. The van der Waals surface area contributed by atoms with E-state index in [1.54, 1.807) is 17.0 Å². The van der Waals surface area contributed by atoms with Crippen LogP contribution in [0.25, 0.3) is 0 Å². The van der Waals surface area contributed by atoms with Crippen molar-refractivity contribution in [3.63, 3.8) is 0 Å². The number of hydrogen-bond acceptors (Lipinski definition) is 8. The molecular weight excluding hydrogens is 492 g/mol. The van der Waals surface area contributed by atoms with Gasteiger partial charge in [-0.2, -0.15) is 0 Å². The number of esters is 1. The number of allylic oxidation sites excluding steroid dienone is 1. The standard InChI is InChI=1S/C27H28N4O5S/c1-18(29-14-6-3-7-15-29)24(27(33)36-17-20-10-12-21(13-11-20)31(34)35)30-25(32)23-26(30)37-22(28-23)16-19-8-4-2-5-9-19/h2,4-5,8-13,23,26H,3,6-7,14-17H2,1H3. The van der Waals surface area contributed by atoms with Gasteiger partial charge in [0, 0.05) is 37.3 Å². The first kappa shape index (κ1) is 25.0. The van der Waals surface area contributed by atoms with Crippen LogP contribution in [0.3, 0.4) is 0 Å². The number of hydrogen-bond donors (Lipinski definition) is 0. The lowest BCUT2D eigenvalue weighted by Gasteiger charge is -2.43. The number of rotatable bonds is 8. The summed E-state index contributed by atoms with van der Waals surface area (Å²) in [6, 6.07) is 15.4. The van der Waals surface area contributed by atoms with E-state index in [1.807, 2.05) is 37.3 Å². The van der Waals surface area contributed by atoms with E-state index in [9.17, 15) is 19.7 Å². The van der Waals surface area contributed by atoms with E-state index in [4.69, 9.17) is 4.74 Å². The molecule has 192 valence electrons. The van der Waals surface area contributed by atoms with Crippen molar-refractivity contribution < 1.29 is 19.2 Å². The van der Waals surface area contributed by atoms with Gasteiger partial charge in [-0.15, -0.1) is 0 Å². The highest BCUT2D eigenvalue weighted by molar-refractivity contribution is 8.14. The molecule has 0 radical (unpaired) electrons. The van der Waals surface area contributed by atoms with Crippen molar-refractivity contribution >= 4 is 34.4 Å². The number of nitrogens with zero attached hydrogens (tertiary/aromatic N) is 4. The summed E-state index contributed by atoms with van der Waals surface area (Å²) in [5.74, 6) is -0.774. The fourth-order valence-corrected chi connectivity index (χ4v) is 6.16. The van der Waals surface area contributed by atoms with E-state index in [1.165, 1.54) is 23.9 Å². The molecule has 2 aromatic carbocycles. The molecule has 1 amide bonds. The van der Waals surface area contributed by atoms with Gasteiger partial charge in [-0.05, 0) is 49.4 Å². The smallest absolute Gasteiger partial charge is 0.357 e. The fourth-order valence-electron chi connectivity index (χ4n) is 4.84. The SMILES string of the molecule is CC(=C(C(=O)OCc1ccc([N+](=O)[O-])cc1)N1C(=O)C2N=C(Cc3ccccc3)SC21)N1CCCCC1. The summed E-state index contributed by atoms with van der Waals surface area (Å²) in [6.45, 7) is 3.47. The Morgan fingerprint density at radius 3 is 2.46 bits per heavy atom. The van der Waals surface area contributed by atoms with E-state index in [0.29, 0.717) is 12.0 Å². The van der Waals surface area contributed by atoms with Crippen LogP contribution in [0.15, 0.2) is 71.0 Å². The average molecular weight is 521 g/mol. The lowest BCUT2D eigenvalue weighted by Crippen LogP contribution is -2.61. The fraction of sp³-hybridized carbons (Fsp3) is 0.370. The molecule has 0 spiro atoms. The van der Waals surface area contributed by atoms with Crippen molar-refractivity contribution in [2.45, 2.75) is 50.6 Å². The number of carbonyl (C=O) groups excluding carboxylic acids is 2. The van der Waals surface area contributed by atoms with Gasteiger partial charge in [0.1, 0.15) is 17.7 Å². The number of β-lactam (4-membered cyclic amide) rings is 1. The Morgan fingerprint density at radius 1 is 1.08 bits per heavy atom. The second-order valence-electron chi connectivity index (χ2n) is 9.33. The second kappa shape index (κ2) is 10.8. The van der Waals surface area contributed by atoms with Gasteiger partial charge in [0.2, 0.25) is 0 Å². The predicted octanol–water partition coefficient (Wildman–Crippen LogP) is 4.28. The third-order valence-electron chi connectivity index (χ3n) is 6.88. The van der Waals surface area contributed by atoms with Gasteiger partial charge >= 0.3 is 5.97 Å². The van der Waals surface area contributed by atoms with Gasteiger partial charge in [0.05, 0.1) is 9.97 Å². The molecule has 2 saturated heterocycles. The van der Waals surface area contributed by atoms with E-state index in [0.717, 1.165) is 48.7 Å². The maximum atomic E-state index is 13.5. The summed E-state index contributed by atoms with van der Waals surface area (Å²) in [5.41, 5.74) is 2.72. The first-order chi connectivity index (χ1) is 17.9. The highest BCUT2D eigenvalue weighted by atomic mass is 32.2. The van der Waals surface area contributed by atoms with Gasteiger partial charge in [-0.1, -0.05) is 42.1 Å². The van der Waals surface area contributed by atoms with Crippen molar-refractivity contribution in [2.24, 2.45) is 4.99 Å². The van der Waals surface area contributed by atoms with Crippen LogP contribution in [0.4, 0.5) is 5.69 Å². The Kier molecular flexibility index (Phi) is 7.27. The van der Waals surface area contributed by atoms with Gasteiger partial charge < -0.3 is 9.64 Å². The molecule has 0 aromatic heterocycles. The number of aliphatic imine (C=N–C) groups is 1. The number of benzene rings is 2. The van der Waals surface area contributed by atoms with Gasteiger partial charge in [0.15, 0.2) is 6.04 Å². The molecule has 3 aliphatic rings. The second-order valence-corrected chi connectivity index (χ2v) is 10.5. The number of likely N-dealkylation sites (tertiary alicyclic amines) is 2. The zero-order chi connectivity index (χ0) is 25.9. The van der Waals surface area contributed by atoms with Crippen molar-refractivity contribution in [1.29, 1.82) is 0 Å². The van der Waals surface area contributed by atoms with E-state index >= 15 is 0 Å². The van der Waals surface area contributed by atoms with Crippen LogP contribution in [-0.4, -0.2) is 56.1 Å².